The van der Waals surface area contributed by atoms with Gasteiger partial charge in [-0.05, 0) is 31.9 Å². The van der Waals surface area contributed by atoms with Gasteiger partial charge in [0.2, 0.25) is 0 Å². The van der Waals surface area contributed by atoms with Crippen molar-refractivity contribution in [1.82, 2.24) is 10.3 Å². The number of thioether (sulfide) groups is 1. The monoisotopic (exact) mass is 277 g/mol. The Balaban J connectivity index is 1.68. The summed E-state index contributed by atoms with van der Waals surface area (Å²) in [6.45, 7) is 3.81. The minimum atomic E-state index is 0.103. The summed E-state index contributed by atoms with van der Waals surface area (Å²) in [5, 5.41) is 4.67. The Morgan fingerprint density at radius 3 is 3.00 bits per heavy atom. The Morgan fingerprint density at radius 2 is 2.26 bits per heavy atom. The zero-order valence-corrected chi connectivity index (χ0v) is 11.9. The fourth-order valence-corrected chi connectivity index (χ4v) is 3.77. The summed E-state index contributed by atoms with van der Waals surface area (Å²) >= 11 is 1.83. The van der Waals surface area contributed by atoms with E-state index in [-0.39, 0.29) is 11.6 Å². The standard InChI is InChI=1S/C14H19N3OS/c1-11(12-4-2-3-7-15-12)16-13-17-14(10-19-13)5-8-18-9-6-14/h2-4,7,11H,5-6,8-10H2,1H3,(H,16,17). The van der Waals surface area contributed by atoms with Gasteiger partial charge >= 0.3 is 0 Å². The molecule has 4 nitrogen and oxygen atoms in total. The lowest BCUT2D eigenvalue weighted by Crippen LogP contribution is -2.48. The van der Waals surface area contributed by atoms with Crippen molar-refractivity contribution in [3.8, 4) is 0 Å². The Kier molecular flexibility index (Phi) is 3.75. The van der Waals surface area contributed by atoms with Crippen molar-refractivity contribution < 1.29 is 4.74 Å². The van der Waals surface area contributed by atoms with Crippen LogP contribution in [0.3, 0.4) is 0 Å². The van der Waals surface area contributed by atoms with Crippen LogP contribution >= 0.6 is 11.8 Å². The van der Waals surface area contributed by atoms with Crippen LogP contribution in [0.15, 0.2) is 29.4 Å². The average molecular weight is 277 g/mol. The van der Waals surface area contributed by atoms with Gasteiger partial charge in [0.05, 0.1) is 17.3 Å². The van der Waals surface area contributed by atoms with E-state index in [9.17, 15) is 0 Å². The zero-order chi connectivity index (χ0) is 13.1. The highest BCUT2D eigenvalue weighted by molar-refractivity contribution is 8.14. The molecule has 2 aliphatic heterocycles. The van der Waals surface area contributed by atoms with Crippen LogP contribution in [0.25, 0.3) is 0 Å². The van der Waals surface area contributed by atoms with Gasteiger partial charge < -0.3 is 10.1 Å². The van der Waals surface area contributed by atoms with E-state index >= 15 is 0 Å². The number of pyridine rings is 1. The Morgan fingerprint density at radius 1 is 1.42 bits per heavy atom. The second-order valence-corrected chi connectivity index (χ2v) is 6.14. The highest BCUT2D eigenvalue weighted by atomic mass is 32.2. The largest absolute Gasteiger partial charge is 0.381 e. The molecule has 1 N–H and O–H groups in total. The minimum Gasteiger partial charge on any atom is -0.381 e. The molecule has 3 rings (SSSR count). The molecule has 1 aromatic heterocycles. The molecule has 0 aliphatic carbocycles. The topological polar surface area (TPSA) is 46.5 Å². The molecule has 1 aromatic rings. The van der Waals surface area contributed by atoms with E-state index in [4.69, 9.17) is 9.73 Å². The van der Waals surface area contributed by atoms with Crippen molar-refractivity contribution in [2.24, 2.45) is 4.99 Å². The summed E-state index contributed by atoms with van der Waals surface area (Å²) < 4.78 is 5.44. The van der Waals surface area contributed by atoms with E-state index in [2.05, 4.69) is 17.2 Å². The molecule has 5 heteroatoms. The van der Waals surface area contributed by atoms with Gasteiger partial charge in [-0.2, -0.15) is 0 Å². The van der Waals surface area contributed by atoms with Crippen molar-refractivity contribution >= 4 is 16.9 Å². The number of rotatable bonds is 2. The molecule has 2 aliphatic rings. The molecule has 0 aromatic carbocycles. The van der Waals surface area contributed by atoms with Crippen LogP contribution < -0.4 is 5.32 Å². The van der Waals surface area contributed by atoms with Crippen molar-refractivity contribution in [2.45, 2.75) is 31.3 Å². The molecule has 1 unspecified atom stereocenters. The minimum absolute atomic E-state index is 0.103. The Labute approximate surface area is 118 Å². The molecule has 0 radical (unpaired) electrons. The first-order valence-electron chi connectivity index (χ1n) is 6.75. The summed E-state index contributed by atoms with van der Waals surface area (Å²) in [4.78, 5) is 9.12. The van der Waals surface area contributed by atoms with Crippen molar-refractivity contribution in [1.29, 1.82) is 0 Å². The molecule has 2 saturated heterocycles. The van der Waals surface area contributed by atoms with Gasteiger partial charge in [0.1, 0.15) is 0 Å². The third-order valence-electron chi connectivity index (χ3n) is 3.73. The number of nitrogens with one attached hydrogen (secondary N) is 1. The second kappa shape index (κ2) is 5.51. The van der Waals surface area contributed by atoms with Crippen LogP contribution in [0.1, 0.15) is 31.5 Å². The van der Waals surface area contributed by atoms with Gasteiger partial charge in [-0.25, -0.2) is 0 Å². The highest BCUT2D eigenvalue weighted by Gasteiger charge is 2.38. The molecule has 19 heavy (non-hydrogen) atoms. The summed E-state index contributed by atoms with van der Waals surface area (Å²) in [6, 6.07) is 6.07. The first-order valence-corrected chi connectivity index (χ1v) is 7.73. The average Bonchev–Trinajstić information content (AvgIpc) is 2.83. The van der Waals surface area contributed by atoms with Gasteiger partial charge in [0.25, 0.3) is 0 Å². The van der Waals surface area contributed by atoms with Gasteiger partial charge in [0, 0.05) is 25.2 Å². The normalized spacial score (nSPS) is 25.4. The maximum atomic E-state index is 5.44. The number of ether oxygens (including phenoxy) is 1. The summed E-state index contributed by atoms with van der Waals surface area (Å²) in [7, 11) is 0. The Bertz CT molecular complexity index is 457. The SMILES string of the molecule is CC(N=C1NC2(CCOCC2)CS1)c1ccccn1. The van der Waals surface area contributed by atoms with Gasteiger partial charge in [0.15, 0.2) is 5.17 Å². The number of hydrogen-bond donors (Lipinski definition) is 1. The van der Waals surface area contributed by atoms with Crippen LogP contribution in [-0.2, 0) is 4.74 Å². The molecule has 102 valence electrons. The molecular weight excluding hydrogens is 258 g/mol. The van der Waals surface area contributed by atoms with E-state index in [1.54, 1.807) is 0 Å². The second-order valence-electron chi connectivity index (χ2n) is 5.17. The molecule has 2 fully saturated rings. The molecule has 1 spiro atoms. The van der Waals surface area contributed by atoms with Gasteiger partial charge in [-0.1, -0.05) is 17.8 Å². The van der Waals surface area contributed by atoms with Gasteiger partial charge in [-0.3, -0.25) is 9.98 Å². The fourth-order valence-electron chi connectivity index (χ4n) is 2.47. The molecule has 0 bridgehead atoms. The van der Waals surface area contributed by atoms with E-state index in [1.165, 1.54) is 0 Å². The van der Waals surface area contributed by atoms with Crippen LogP contribution in [-0.4, -0.2) is 34.7 Å². The summed E-state index contributed by atoms with van der Waals surface area (Å²) in [6.07, 6.45) is 3.98. The van der Waals surface area contributed by atoms with Gasteiger partial charge in [-0.15, -0.1) is 0 Å². The van der Waals surface area contributed by atoms with Crippen LogP contribution in [0.4, 0.5) is 0 Å². The number of aliphatic imine (C=N–C) groups is 1. The smallest absolute Gasteiger partial charge is 0.157 e. The maximum absolute atomic E-state index is 5.44. The molecule has 0 saturated carbocycles. The third-order valence-corrected chi connectivity index (χ3v) is 4.91. The van der Waals surface area contributed by atoms with E-state index in [0.717, 1.165) is 42.7 Å². The van der Waals surface area contributed by atoms with Crippen LogP contribution in [0.2, 0.25) is 0 Å². The quantitative estimate of drug-likeness (QED) is 0.901. The molecule has 1 atom stereocenters. The van der Waals surface area contributed by atoms with Crippen LogP contribution in [0.5, 0.6) is 0 Å². The fraction of sp³-hybridized carbons (Fsp3) is 0.571. The zero-order valence-electron chi connectivity index (χ0n) is 11.1. The molecule has 3 heterocycles. The number of aromatic nitrogens is 1. The first-order chi connectivity index (χ1) is 9.27. The van der Waals surface area contributed by atoms with Crippen LogP contribution in [0, 0.1) is 0 Å². The summed E-state index contributed by atoms with van der Waals surface area (Å²) in [5.41, 5.74) is 1.23. The predicted octanol–water partition coefficient (Wildman–Crippen LogP) is 2.38. The number of nitrogens with zero attached hydrogens (tertiary/aromatic N) is 2. The molecule has 0 amide bonds. The first kappa shape index (κ1) is 12.9. The third kappa shape index (κ3) is 2.92. The van der Waals surface area contributed by atoms with Crippen molar-refractivity contribution in [3.63, 3.8) is 0 Å². The van der Waals surface area contributed by atoms with E-state index < -0.39 is 0 Å². The maximum Gasteiger partial charge on any atom is 0.157 e. The summed E-state index contributed by atoms with van der Waals surface area (Å²) in [5.74, 6) is 1.10. The molecular formula is C14H19N3OS. The van der Waals surface area contributed by atoms with E-state index in [0.29, 0.717) is 0 Å². The lowest BCUT2D eigenvalue weighted by atomic mass is 9.93. The predicted molar refractivity (Wildman–Crippen MR) is 78.5 cm³/mol. The van der Waals surface area contributed by atoms with Crippen molar-refractivity contribution in [2.75, 3.05) is 19.0 Å². The number of amidine groups is 1. The highest BCUT2D eigenvalue weighted by Crippen LogP contribution is 2.32. The van der Waals surface area contributed by atoms with E-state index in [1.807, 2.05) is 36.2 Å². The lowest BCUT2D eigenvalue weighted by Gasteiger charge is -2.32. The van der Waals surface area contributed by atoms with Crippen molar-refractivity contribution in [3.05, 3.63) is 30.1 Å². The number of hydrogen-bond acceptors (Lipinski definition) is 4. The Hall–Kier alpha value is -1.07. The lowest BCUT2D eigenvalue weighted by molar-refractivity contribution is 0.0555.